The Kier molecular flexibility index (Phi) is 7.40. The van der Waals surface area contributed by atoms with Crippen LogP contribution in [0, 0.1) is 6.92 Å². The van der Waals surface area contributed by atoms with E-state index in [0.29, 0.717) is 28.0 Å². The molecule has 3 rings (SSSR count). The molecule has 1 atom stereocenters. The van der Waals surface area contributed by atoms with Crippen molar-refractivity contribution < 1.29 is 14.6 Å². The molecule has 2 aromatic rings. The van der Waals surface area contributed by atoms with E-state index < -0.39 is 6.10 Å². The number of nitrogens with one attached hydrogen (secondary N) is 1. The van der Waals surface area contributed by atoms with Crippen LogP contribution in [-0.4, -0.2) is 64.1 Å². The van der Waals surface area contributed by atoms with E-state index in [9.17, 15) is 9.90 Å². The molecule has 7 nitrogen and oxygen atoms in total. The largest absolute Gasteiger partial charge is 0.490 e. The van der Waals surface area contributed by atoms with Crippen LogP contribution in [-0.2, 0) is 7.05 Å². The van der Waals surface area contributed by atoms with E-state index in [1.54, 1.807) is 29.9 Å². The van der Waals surface area contributed by atoms with E-state index in [0.717, 1.165) is 31.6 Å². The molecular weight excluding hydrogens is 415 g/mol. The molecule has 0 unspecified atom stereocenters. The first kappa shape index (κ1) is 21.9. The fraction of sp³-hybridized carbons (Fsp3) is 0.500. The van der Waals surface area contributed by atoms with Gasteiger partial charge in [0.25, 0.3) is 5.91 Å². The summed E-state index contributed by atoms with van der Waals surface area (Å²) in [4.78, 5) is 14.3. The lowest BCUT2D eigenvalue weighted by Gasteiger charge is -2.33. The standard InChI is InChI=1S/C20H26Cl2N4O3/c1-13-9-19(24-25(13)2)20(28)23-11-14(27)12-26-7-5-15(6-8-26)29-16-3-4-17(21)18(22)10-16/h3-4,9-10,14-15,27H,5-8,11-12H2,1-2H3,(H,23,28)/t14-/m1/s1. The first-order valence-electron chi connectivity index (χ1n) is 9.63. The highest BCUT2D eigenvalue weighted by Gasteiger charge is 2.23. The average Bonchev–Trinajstić information content (AvgIpc) is 3.03. The predicted octanol–water partition coefficient (Wildman–Crippen LogP) is 2.67. The second kappa shape index (κ2) is 9.80. The van der Waals surface area contributed by atoms with Crippen molar-refractivity contribution in [2.75, 3.05) is 26.2 Å². The van der Waals surface area contributed by atoms with E-state index in [2.05, 4.69) is 15.3 Å². The van der Waals surface area contributed by atoms with Crippen molar-refractivity contribution in [2.24, 2.45) is 7.05 Å². The van der Waals surface area contributed by atoms with Gasteiger partial charge in [-0.05, 0) is 38.0 Å². The third kappa shape index (κ3) is 6.09. The summed E-state index contributed by atoms with van der Waals surface area (Å²) >= 11 is 12.0. The number of hydrogen-bond donors (Lipinski definition) is 2. The maximum absolute atomic E-state index is 12.1. The molecule has 29 heavy (non-hydrogen) atoms. The van der Waals surface area contributed by atoms with Gasteiger partial charge in [0.05, 0.1) is 16.1 Å². The summed E-state index contributed by atoms with van der Waals surface area (Å²) in [5, 5.41) is 18.1. The molecule has 1 fully saturated rings. The number of rotatable bonds is 7. The lowest BCUT2D eigenvalue weighted by Crippen LogP contribution is -2.45. The zero-order chi connectivity index (χ0) is 21.0. The number of nitrogens with zero attached hydrogens (tertiary/aromatic N) is 3. The number of amides is 1. The highest BCUT2D eigenvalue weighted by molar-refractivity contribution is 6.42. The van der Waals surface area contributed by atoms with Crippen molar-refractivity contribution in [1.29, 1.82) is 0 Å². The van der Waals surface area contributed by atoms with Crippen LogP contribution in [0.1, 0.15) is 29.0 Å². The quantitative estimate of drug-likeness (QED) is 0.691. The number of hydrogen-bond acceptors (Lipinski definition) is 5. The number of ether oxygens (including phenoxy) is 1. The highest BCUT2D eigenvalue weighted by atomic mass is 35.5. The van der Waals surface area contributed by atoms with E-state index in [4.69, 9.17) is 27.9 Å². The smallest absolute Gasteiger partial charge is 0.271 e. The minimum absolute atomic E-state index is 0.104. The predicted molar refractivity (Wildman–Crippen MR) is 113 cm³/mol. The van der Waals surface area contributed by atoms with Crippen LogP contribution in [0.4, 0.5) is 0 Å². The SMILES string of the molecule is Cc1cc(C(=O)NC[C@@H](O)CN2CCC(Oc3ccc(Cl)c(Cl)c3)CC2)nn1C. The van der Waals surface area contributed by atoms with Crippen LogP contribution < -0.4 is 10.1 Å². The molecule has 0 bridgehead atoms. The number of benzene rings is 1. The average molecular weight is 441 g/mol. The Morgan fingerprint density at radius 2 is 2.03 bits per heavy atom. The molecule has 0 aliphatic carbocycles. The Morgan fingerprint density at radius 3 is 2.66 bits per heavy atom. The maximum atomic E-state index is 12.1. The number of aliphatic hydroxyl groups is 1. The first-order valence-corrected chi connectivity index (χ1v) is 10.4. The number of likely N-dealkylation sites (tertiary alicyclic amines) is 1. The molecule has 1 aliphatic rings. The highest BCUT2D eigenvalue weighted by Crippen LogP contribution is 2.28. The van der Waals surface area contributed by atoms with Crippen molar-refractivity contribution >= 4 is 29.1 Å². The summed E-state index contributed by atoms with van der Waals surface area (Å²) in [5.74, 6) is 0.437. The minimum Gasteiger partial charge on any atom is -0.490 e. The van der Waals surface area contributed by atoms with E-state index >= 15 is 0 Å². The summed E-state index contributed by atoms with van der Waals surface area (Å²) in [6, 6.07) is 6.99. The van der Waals surface area contributed by atoms with Crippen molar-refractivity contribution in [3.63, 3.8) is 0 Å². The molecule has 2 heterocycles. The molecule has 1 amide bonds. The van der Waals surface area contributed by atoms with Gasteiger partial charge in [0.15, 0.2) is 0 Å². The van der Waals surface area contributed by atoms with Crippen molar-refractivity contribution in [3.05, 3.63) is 45.7 Å². The molecule has 0 radical (unpaired) electrons. The maximum Gasteiger partial charge on any atom is 0.271 e. The number of carbonyl (C=O) groups is 1. The van der Waals surface area contributed by atoms with Crippen molar-refractivity contribution in [3.8, 4) is 5.75 Å². The molecule has 1 aromatic carbocycles. The van der Waals surface area contributed by atoms with Gasteiger partial charge in [-0.25, -0.2) is 0 Å². The number of aliphatic hydroxyl groups excluding tert-OH is 1. The van der Waals surface area contributed by atoms with Crippen LogP contribution in [0.2, 0.25) is 10.0 Å². The van der Waals surface area contributed by atoms with Crippen LogP contribution in [0.3, 0.4) is 0 Å². The van der Waals surface area contributed by atoms with E-state index in [-0.39, 0.29) is 18.6 Å². The van der Waals surface area contributed by atoms with Crippen LogP contribution in [0.15, 0.2) is 24.3 Å². The fourth-order valence-corrected chi connectivity index (χ4v) is 3.58. The third-order valence-electron chi connectivity index (χ3n) is 5.04. The van der Waals surface area contributed by atoms with Gasteiger partial charge in [-0.15, -0.1) is 0 Å². The van der Waals surface area contributed by atoms with Gasteiger partial charge < -0.3 is 20.1 Å². The normalized spacial score (nSPS) is 16.6. The number of aromatic nitrogens is 2. The Hall–Kier alpha value is -1.80. The molecule has 1 aromatic heterocycles. The molecular formula is C20H26Cl2N4O3. The summed E-state index contributed by atoms with van der Waals surface area (Å²) in [6.45, 7) is 4.20. The molecule has 158 valence electrons. The molecule has 9 heteroatoms. The van der Waals surface area contributed by atoms with E-state index in [1.807, 2.05) is 13.0 Å². The summed E-state index contributed by atoms with van der Waals surface area (Å²) in [7, 11) is 1.79. The Bertz CT molecular complexity index is 831. The van der Waals surface area contributed by atoms with Crippen LogP contribution in [0.25, 0.3) is 0 Å². The Balaban J connectivity index is 1.38. The lowest BCUT2D eigenvalue weighted by molar-refractivity contribution is 0.0593. The van der Waals surface area contributed by atoms with Gasteiger partial charge in [-0.3, -0.25) is 9.48 Å². The molecule has 0 spiro atoms. The topological polar surface area (TPSA) is 79.6 Å². The van der Waals surface area contributed by atoms with Crippen LogP contribution >= 0.6 is 23.2 Å². The van der Waals surface area contributed by atoms with Crippen molar-refractivity contribution in [2.45, 2.75) is 32.0 Å². The zero-order valence-electron chi connectivity index (χ0n) is 16.6. The first-order chi connectivity index (χ1) is 13.8. The number of piperidine rings is 1. The number of carbonyl (C=O) groups excluding carboxylic acids is 1. The Morgan fingerprint density at radius 1 is 1.31 bits per heavy atom. The number of halogens is 2. The Labute approximate surface area is 180 Å². The monoisotopic (exact) mass is 440 g/mol. The van der Waals surface area contributed by atoms with Gasteiger partial charge >= 0.3 is 0 Å². The van der Waals surface area contributed by atoms with Gasteiger partial charge in [0.2, 0.25) is 0 Å². The molecule has 2 N–H and O–H groups in total. The fourth-order valence-electron chi connectivity index (χ4n) is 3.29. The number of aryl methyl sites for hydroxylation is 2. The second-order valence-electron chi connectivity index (χ2n) is 7.35. The minimum atomic E-state index is -0.642. The van der Waals surface area contributed by atoms with Crippen LogP contribution in [0.5, 0.6) is 5.75 Å². The molecule has 1 aliphatic heterocycles. The van der Waals surface area contributed by atoms with Gasteiger partial charge in [0, 0.05) is 45.0 Å². The molecule has 1 saturated heterocycles. The van der Waals surface area contributed by atoms with Gasteiger partial charge in [0.1, 0.15) is 17.5 Å². The summed E-state index contributed by atoms with van der Waals surface area (Å²) < 4.78 is 7.63. The lowest BCUT2D eigenvalue weighted by atomic mass is 10.1. The summed E-state index contributed by atoms with van der Waals surface area (Å²) in [5.41, 5.74) is 1.26. The van der Waals surface area contributed by atoms with Crippen molar-refractivity contribution in [1.82, 2.24) is 20.0 Å². The second-order valence-corrected chi connectivity index (χ2v) is 8.17. The summed E-state index contributed by atoms with van der Waals surface area (Å²) in [6.07, 6.45) is 1.17. The zero-order valence-corrected chi connectivity index (χ0v) is 18.1. The van der Waals surface area contributed by atoms with Gasteiger partial charge in [-0.2, -0.15) is 5.10 Å². The van der Waals surface area contributed by atoms with Gasteiger partial charge in [-0.1, -0.05) is 23.2 Å². The third-order valence-corrected chi connectivity index (χ3v) is 5.78. The molecule has 0 saturated carbocycles. The van der Waals surface area contributed by atoms with E-state index in [1.165, 1.54) is 0 Å². The number of β-amino-alcohol motifs (C(OH)–C–C–N with tert-alkyl or cyclic N) is 1.